The van der Waals surface area contributed by atoms with Gasteiger partial charge in [0.05, 0.1) is 6.61 Å². The molecule has 0 saturated heterocycles. The van der Waals surface area contributed by atoms with E-state index in [1.54, 1.807) is 25.3 Å². The van der Waals surface area contributed by atoms with Gasteiger partial charge in [0.25, 0.3) is 5.91 Å². The third-order valence-electron chi connectivity index (χ3n) is 1.98. The number of nitrogen functional groups attached to an aromatic ring is 1. The first-order valence-electron chi connectivity index (χ1n) is 4.81. The van der Waals surface area contributed by atoms with Crippen LogP contribution in [0, 0.1) is 12.3 Å². The highest BCUT2D eigenvalue weighted by Gasteiger charge is 2.06. The molecule has 1 rings (SSSR count). The summed E-state index contributed by atoms with van der Waals surface area (Å²) in [7, 11) is 1.57. The summed E-state index contributed by atoms with van der Waals surface area (Å²) in [5, 5.41) is 2.69. The second-order valence-corrected chi connectivity index (χ2v) is 3.24. The molecule has 0 unspecified atom stereocenters. The van der Waals surface area contributed by atoms with Gasteiger partial charge < -0.3 is 15.8 Å². The molecule has 0 aliphatic rings. The molecule has 4 nitrogen and oxygen atoms in total. The molecule has 0 spiro atoms. The fourth-order valence-corrected chi connectivity index (χ4v) is 1.23. The second-order valence-electron chi connectivity index (χ2n) is 3.24. The van der Waals surface area contributed by atoms with E-state index in [1.807, 2.05) is 0 Å². The minimum Gasteiger partial charge on any atom is -0.399 e. The van der Waals surface area contributed by atoms with E-state index in [0.717, 1.165) is 0 Å². The van der Waals surface area contributed by atoms with Gasteiger partial charge in [-0.1, -0.05) is 5.92 Å². The van der Waals surface area contributed by atoms with Crippen LogP contribution in [-0.4, -0.2) is 26.2 Å². The molecule has 1 aromatic rings. The van der Waals surface area contributed by atoms with Crippen molar-refractivity contribution in [2.24, 2.45) is 0 Å². The van der Waals surface area contributed by atoms with E-state index in [4.69, 9.17) is 16.9 Å². The Morgan fingerprint density at radius 1 is 1.56 bits per heavy atom. The van der Waals surface area contributed by atoms with Crippen molar-refractivity contribution in [2.75, 3.05) is 26.0 Å². The highest BCUT2D eigenvalue weighted by Crippen LogP contribution is 2.11. The van der Waals surface area contributed by atoms with Crippen molar-refractivity contribution in [1.82, 2.24) is 5.32 Å². The van der Waals surface area contributed by atoms with E-state index >= 15 is 0 Å². The van der Waals surface area contributed by atoms with Crippen LogP contribution >= 0.6 is 0 Å². The number of anilines is 1. The smallest absolute Gasteiger partial charge is 0.251 e. The van der Waals surface area contributed by atoms with Gasteiger partial charge in [0.15, 0.2) is 0 Å². The zero-order valence-electron chi connectivity index (χ0n) is 9.12. The van der Waals surface area contributed by atoms with Crippen LogP contribution in [0.25, 0.3) is 0 Å². The first kappa shape index (κ1) is 12.1. The van der Waals surface area contributed by atoms with Crippen LogP contribution in [0.2, 0.25) is 0 Å². The lowest BCUT2D eigenvalue weighted by Crippen LogP contribution is -2.27. The molecule has 84 valence electrons. The van der Waals surface area contributed by atoms with Crippen LogP contribution in [0.15, 0.2) is 18.2 Å². The van der Waals surface area contributed by atoms with Gasteiger partial charge in [-0.25, -0.2) is 0 Å². The van der Waals surface area contributed by atoms with Gasteiger partial charge in [0, 0.05) is 30.5 Å². The number of carbonyl (C=O) groups is 1. The Morgan fingerprint density at radius 3 is 2.94 bits per heavy atom. The highest BCUT2D eigenvalue weighted by atomic mass is 16.5. The van der Waals surface area contributed by atoms with E-state index < -0.39 is 0 Å². The molecule has 0 aliphatic carbocycles. The zero-order valence-corrected chi connectivity index (χ0v) is 9.12. The van der Waals surface area contributed by atoms with Gasteiger partial charge >= 0.3 is 0 Å². The largest absolute Gasteiger partial charge is 0.399 e. The quantitative estimate of drug-likeness (QED) is 0.442. The summed E-state index contributed by atoms with van der Waals surface area (Å²) in [5.74, 6) is 2.24. The van der Waals surface area contributed by atoms with Crippen LogP contribution in [-0.2, 0) is 4.74 Å². The SMILES string of the molecule is C#Cc1cc(N)cc(C(=O)NCCOC)c1. The Hall–Kier alpha value is -1.99. The first-order chi connectivity index (χ1) is 7.67. The summed E-state index contributed by atoms with van der Waals surface area (Å²) >= 11 is 0. The molecule has 0 saturated carbocycles. The molecule has 0 heterocycles. The van der Waals surface area contributed by atoms with Crippen LogP contribution in [0.5, 0.6) is 0 Å². The molecular weight excluding hydrogens is 204 g/mol. The van der Waals surface area contributed by atoms with Crippen molar-refractivity contribution < 1.29 is 9.53 Å². The molecule has 0 bridgehead atoms. The fourth-order valence-electron chi connectivity index (χ4n) is 1.23. The normalized spacial score (nSPS) is 9.50. The number of benzene rings is 1. The predicted molar refractivity (Wildman–Crippen MR) is 63.0 cm³/mol. The number of hydrogen-bond acceptors (Lipinski definition) is 3. The summed E-state index contributed by atoms with van der Waals surface area (Å²) in [6.07, 6.45) is 5.25. The van der Waals surface area contributed by atoms with Gasteiger partial charge in [-0.05, 0) is 18.2 Å². The predicted octanol–water partition coefficient (Wildman–Crippen LogP) is 0.626. The zero-order chi connectivity index (χ0) is 12.0. The maximum Gasteiger partial charge on any atom is 0.251 e. The third kappa shape index (κ3) is 3.30. The van der Waals surface area contributed by atoms with Crippen LogP contribution in [0.3, 0.4) is 0 Å². The Bertz CT molecular complexity index is 422. The van der Waals surface area contributed by atoms with Crippen molar-refractivity contribution in [2.45, 2.75) is 0 Å². The Balaban J connectivity index is 2.76. The summed E-state index contributed by atoms with van der Waals surface area (Å²) in [6.45, 7) is 0.922. The lowest BCUT2D eigenvalue weighted by molar-refractivity contribution is 0.0937. The summed E-state index contributed by atoms with van der Waals surface area (Å²) in [4.78, 5) is 11.6. The molecular formula is C12H14N2O2. The fraction of sp³-hybridized carbons (Fsp3) is 0.250. The monoisotopic (exact) mass is 218 g/mol. The number of carbonyl (C=O) groups excluding carboxylic acids is 1. The Kier molecular flexibility index (Phi) is 4.37. The molecule has 0 aliphatic heterocycles. The molecule has 0 aromatic heterocycles. The minimum atomic E-state index is -0.208. The van der Waals surface area contributed by atoms with E-state index in [0.29, 0.717) is 30.0 Å². The number of methoxy groups -OCH3 is 1. The molecule has 1 aromatic carbocycles. The Morgan fingerprint density at radius 2 is 2.31 bits per heavy atom. The summed E-state index contributed by atoms with van der Waals surface area (Å²) in [5.41, 5.74) is 7.16. The average molecular weight is 218 g/mol. The van der Waals surface area contributed by atoms with Crippen LogP contribution in [0.4, 0.5) is 5.69 Å². The second kappa shape index (κ2) is 5.79. The molecule has 3 N–H and O–H groups in total. The van der Waals surface area contributed by atoms with Crippen LogP contribution < -0.4 is 11.1 Å². The van der Waals surface area contributed by atoms with Gasteiger partial charge in [0.2, 0.25) is 0 Å². The molecule has 0 atom stereocenters. The maximum atomic E-state index is 11.6. The first-order valence-corrected chi connectivity index (χ1v) is 4.81. The van der Waals surface area contributed by atoms with Gasteiger partial charge in [-0.15, -0.1) is 6.42 Å². The van der Waals surface area contributed by atoms with E-state index in [2.05, 4.69) is 11.2 Å². The molecule has 1 amide bonds. The summed E-state index contributed by atoms with van der Waals surface area (Å²) in [6, 6.07) is 4.85. The number of rotatable bonds is 4. The summed E-state index contributed by atoms with van der Waals surface area (Å²) < 4.78 is 4.82. The lowest BCUT2D eigenvalue weighted by Gasteiger charge is -2.06. The molecule has 16 heavy (non-hydrogen) atoms. The minimum absolute atomic E-state index is 0.208. The van der Waals surface area contributed by atoms with E-state index in [9.17, 15) is 4.79 Å². The Labute approximate surface area is 94.8 Å². The maximum absolute atomic E-state index is 11.6. The topological polar surface area (TPSA) is 64.4 Å². The van der Waals surface area contributed by atoms with Gasteiger partial charge in [-0.3, -0.25) is 4.79 Å². The third-order valence-corrected chi connectivity index (χ3v) is 1.98. The number of nitrogens with one attached hydrogen (secondary N) is 1. The van der Waals surface area contributed by atoms with Crippen molar-refractivity contribution in [1.29, 1.82) is 0 Å². The molecule has 0 fully saturated rings. The van der Waals surface area contributed by atoms with Gasteiger partial charge in [-0.2, -0.15) is 0 Å². The van der Waals surface area contributed by atoms with Crippen molar-refractivity contribution in [3.63, 3.8) is 0 Å². The average Bonchev–Trinajstić information content (AvgIpc) is 2.28. The van der Waals surface area contributed by atoms with E-state index in [1.165, 1.54) is 0 Å². The number of amides is 1. The van der Waals surface area contributed by atoms with Crippen molar-refractivity contribution in [3.8, 4) is 12.3 Å². The number of terminal acetylenes is 1. The van der Waals surface area contributed by atoms with E-state index in [-0.39, 0.29) is 5.91 Å². The van der Waals surface area contributed by atoms with Gasteiger partial charge in [0.1, 0.15) is 0 Å². The number of hydrogen-bond donors (Lipinski definition) is 2. The number of nitrogens with two attached hydrogens (primary N) is 1. The van der Waals surface area contributed by atoms with Crippen molar-refractivity contribution >= 4 is 11.6 Å². The standard InChI is InChI=1S/C12H14N2O2/c1-3-9-6-10(8-11(13)7-9)12(15)14-4-5-16-2/h1,6-8H,4-5,13H2,2H3,(H,14,15). The highest BCUT2D eigenvalue weighted by molar-refractivity contribution is 5.95. The van der Waals surface area contributed by atoms with Crippen molar-refractivity contribution in [3.05, 3.63) is 29.3 Å². The molecule has 0 radical (unpaired) electrons. The van der Waals surface area contributed by atoms with Crippen LogP contribution in [0.1, 0.15) is 15.9 Å². The number of ether oxygens (including phenoxy) is 1. The molecule has 4 heteroatoms. The lowest BCUT2D eigenvalue weighted by atomic mass is 10.1.